The summed E-state index contributed by atoms with van der Waals surface area (Å²) in [5.41, 5.74) is 0.606. The number of rotatable bonds is 10. The molecule has 0 fully saturated rings. The molecule has 0 spiro atoms. The Labute approximate surface area is 162 Å². The van der Waals surface area contributed by atoms with Crippen LogP contribution in [0, 0.1) is 0 Å². The zero-order valence-electron chi connectivity index (χ0n) is 14.7. The number of carboxylic acids is 1. The summed E-state index contributed by atoms with van der Waals surface area (Å²) in [4.78, 5) is 11.2. The molecular formula is C18H21NO6S2. The predicted molar refractivity (Wildman–Crippen MR) is 104 cm³/mol. The SMILES string of the molecule is CSCCC(NS(=O)(=O)c1ccc(Oc2ccccc2CO)cc1)C(=O)O. The van der Waals surface area contributed by atoms with Crippen LogP contribution in [0.2, 0.25) is 0 Å². The van der Waals surface area contributed by atoms with Crippen molar-refractivity contribution >= 4 is 27.8 Å². The van der Waals surface area contributed by atoms with Gasteiger partial charge in [0.05, 0.1) is 11.5 Å². The van der Waals surface area contributed by atoms with E-state index in [1.807, 2.05) is 6.26 Å². The summed E-state index contributed by atoms with van der Waals surface area (Å²) >= 11 is 1.44. The molecule has 0 amide bonds. The second-order valence-electron chi connectivity index (χ2n) is 5.63. The molecule has 1 atom stereocenters. The average Bonchev–Trinajstić information content (AvgIpc) is 2.65. The molecule has 0 bridgehead atoms. The van der Waals surface area contributed by atoms with Crippen LogP contribution in [-0.4, -0.2) is 42.7 Å². The van der Waals surface area contributed by atoms with Crippen LogP contribution in [-0.2, 0) is 21.4 Å². The van der Waals surface area contributed by atoms with E-state index in [0.29, 0.717) is 22.8 Å². The second-order valence-corrected chi connectivity index (χ2v) is 8.33. The molecule has 1 unspecified atom stereocenters. The standard InChI is InChI=1S/C18H21NO6S2/c1-26-11-10-16(18(21)22)19-27(23,24)15-8-6-14(7-9-15)25-17-5-3-2-4-13(17)12-20/h2-9,16,19-20H,10-12H2,1H3,(H,21,22). The van der Waals surface area contributed by atoms with E-state index in [9.17, 15) is 23.4 Å². The molecule has 0 radical (unpaired) electrons. The molecule has 0 aromatic heterocycles. The molecule has 2 aromatic rings. The van der Waals surface area contributed by atoms with E-state index in [0.717, 1.165) is 0 Å². The van der Waals surface area contributed by atoms with Crippen LogP contribution < -0.4 is 9.46 Å². The summed E-state index contributed by atoms with van der Waals surface area (Å²) in [5.74, 6) is 0.174. The van der Waals surface area contributed by atoms with Crippen molar-refractivity contribution in [3.8, 4) is 11.5 Å². The van der Waals surface area contributed by atoms with Gasteiger partial charge in [-0.05, 0) is 48.8 Å². The van der Waals surface area contributed by atoms with Gasteiger partial charge in [0.2, 0.25) is 10.0 Å². The first-order valence-corrected chi connectivity index (χ1v) is 11.0. The first-order chi connectivity index (χ1) is 12.9. The minimum Gasteiger partial charge on any atom is -0.480 e. The van der Waals surface area contributed by atoms with E-state index in [4.69, 9.17) is 4.74 Å². The van der Waals surface area contributed by atoms with Crippen LogP contribution in [0.1, 0.15) is 12.0 Å². The lowest BCUT2D eigenvalue weighted by molar-refractivity contribution is -0.139. The Morgan fingerprint density at radius 1 is 1.19 bits per heavy atom. The summed E-state index contributed by atoms with van der Waals surface area (Å²) in [6, 6.07) is 11.4. The number of nitrogens with one attached hydrogen (secondary N) is 1. The average molecular weight is 412 g/mol. The van der Waals surface area contributed by atoms with Crippen molar-refractivity contribution in [2.24, 2.45) is 0 Å². The molecular weight excluding hydrogens is 390 g/mol. The lowest BCUT2D eigenvalue weighted by Gasteiger charge is -2.15. The van der Waals surface area contributed by atoms with E-state index in [1.54, 1.807) is 24.3 Å². The van der Waals surface area contributed by atoms with Gasteiger partial charge in [0.25, 0.3) is 0 Å². The highest BCUT2D eigenvalue weighted by Gasteiger charge is 2.25. The van der Waals surface area contributed by atoms with Gasteiger partial charge in [-0.25, -0.2) is 8.42 Å². The quantitative estimate of drug-likeness (QED) is 0.550. The van der Waals surface area contributed by atoms with E-state index < -0.39 is 22.0 Å². The molecule has 146 valence electrons. The molecule has 0 saturated carbocycles. The van der Waals surface area contributed by atoms with Crippen LogP contribution in [0.4, 0.5) is 0 Å². The molecule has 0 heterocycles. The fraction of sp³-hybridized carbons (Fsp3) is 0.278. The first kappa shape index (κ1) is 21.2. The van der Waals surface area contributed by atoms with Gasteiger partial charge in [0.1, 0.15) is 17.5 Å². The summed E-state index contributed by atoms with van der Waals surface area (Å²) in [5, 5.41) is 18.5. The number of hydrogen-bond donors (Lipinski definition) is 3. The highest BCUT2D eigenvalue weighted by atomic mass is 32.2. The monoisotopic (exact) mass is 411 g/mol. The third-order valence-corrected chi connectivity index (χ3v) is 5.84. The number of aliphatic hydroxyl groups excluding tert-OH is 1. The first-order valence-electron chi connectivity index (χ1n) is 8.08. The Kier molecular flexibility index (Phi) is 7.66. The van der Waals surface area contributed by atoms with Gasteiger partial charge in [0, 0.05) is 5.56 Å². The minimum atomic E-state index is -3.97. The summed E-state index contributed by atoms with van der Waals surface area (Å²) in [6.45, 7) is -0.181. The molecule has 2 rings (SSSR count). The maximum atomic E-state index is 12.4. The molecule has 0 saturated heterocycles. The Morgan fingerprint density at radius 3 is 2.44 bits per heavy atom. The number of hydrogen-bond acceptors (Lipinski definition) is 6. The third kappa shape index (κ3) is 5.96. The molecule has 3 N–H and O–H groups in total. The number of ether oxygens (including phenoxy) is 1. The van der Waals surface area contributed by atoms with Crippen LogP contribution in [0.15, 0.2) is 53.4 Å². The maximum absolute atomic E-state index is 12.4. The summed E-state index contributed by atoms with van der Waals surface area (Å²) < 4.78 is 32.7. The summed E-state index contributed by atoms with van der Waals surface area (Å²) in [7, 11) is -3.97. The number of aliphatic carboxylic acids is 1. The van der Waals surface area contributed by atoms with E-state index >= 15 is 0 Å². The van der Waals surface area contributed by atoms with Crippen LogP contribution in [0.25, 0.3) is 0 Å². The predicted octanol–water partition coefficient (Wildman–Crippen LogP) is 2.46. The number of thioether (sulfide) groups is 1. The maximum Gasteiger partial charge on any atom is 0.321 e. The molecule has 27 heavy (non-hydrogen) atoms. The smallest absolute Gasteiger partial charge is 0.321 e. The topological polar surface area (TPSA) is 113 Å². The fourth-order valence-corrected chi connectivity index (χ4v) is 3.97. The molecule has 2 aromatic carbocycles. The normalized spacial score (nSPS) is 12.5. The van der Waals surface area contributed by atoms with Crippen molar-refractivity contribution in [3.63, 3.8) is 0 Å². The Hall–Kier alpha value is -2.07. The largest absolute Gasteiger partial charge is 0.480 e. The van der Waals surface area contributed by atoms with Crippen molar-refractivity contribution in [3.05, 3.63) is 54.1 Å². The molecule has 0 aliphatic heterocycles. The Morgan fingerprint density at radius 2 is 1.85 bits per heavy atom. The minimum absolute atomic E-state index is 0.0549. The van der Waals surface area contributed by atoms with Crippen molar-refractivity contribution in [2.75, 3.05) is 12.0 Å². The van der Waals surface area contributed by atoms with Gasteiger partial charge in [-0.3, -0.25) is 4.79 Å². The number of carboxylic acid groups (broad SMARTS) is 1. The van der Waals surface area contributed by atoms with Gasteiger partial charge >= 0.3 is 5.97 Å². The number of aliphatic hydroxyl groups is 1. The van der Waals surface area contributed by atoms with Gasteiger partial charge in [-0.15, -0.1) is 0 Å². The Balaban J connectivity index is 2.14. The summed E-state index contributed by atoms with van der Waals surface area (Å²) in [6.07, 6.45) is 2.01. The van der Waals surface area contributed by atoms with Crippen LogP contribution in [0.5, 0.6) is 11.5 Å². The number of para-hydroxylation sites is 1. The van der Waals surface area contributed by atoms with Crippen molar-refractivity contribution in [2.45, 2.75) is 24.0 Å². The zero-order chi connectivity index (χ0) is 19.9. The van der Waals surface area contributed by atoms with Crippen LogP contribution >= 0.6 is 11.8 Å². The molecule has 0 aliphatic carbocycles. The van der Waals surface area contributed by atoms with Gasteiger partial charge in [-0.1, -0.05) is 18.2 Å². The highest BCUT2D eigenvalue weighted by Crippen LogP contribution is 2.26. The number of carbonyl (C=O) groups is 1. The molecule has 7 nitrogen and oxygen atoms in total. The molecule has 0 aliphatic rings. The van der Waals surface area contributed by atoms with Gasteiger partial charge in [0.15, 0.2) is 0 Å². The van der Waals surface area contributed by atoms with Crippen molar-refractivity contribution in [1.82, 2.24) is 4.72 Å². The highest BCUT2D eigenvalue weighted by molar-refractivity contribution is 7.98. The van der Waals surface area contributed by atoms with Crippen molar-refractivity contribution < 1.29 is 28.2 Å². The Bertz CT molecular complexity index is 868. The van der Waals surface area contributed by atoms with Crippen LogP contribution in [0.3, 0.4) is 0 Å². The number of benzene rings is 2. The lowest BCUT2D eigenvalue weighted by atomic mass is 10.2. The zero-order valence-corrected chi connectivity index (χ0v) is 16.3. The van der Waals surface area contributed by atoms with Gasteiger partial charge in [-0.2, -0.15) is 16.5 Å². The van der Waals surface area contributed by atoms with Crippen molar-refractivity contribution in [1.29, 1.82) is 0 Å². The second kappa shape index (κ2) is 9.75. The van der Waals surface area contributed by atoms with E-state index in [-0.39, 0.29) is 17.9 Å². The lowest BCUT2D eigenvalue weighted by Crippen LogP contribution is -2.41. The number of sulfonamides is 1. The van der Waals surface area contributed by atoms with E-state index in [1.165, 1.54) is 36.0 Å². The van der Waals surface area contributed by atoms with E-state index in [2.05, 4.69) is 4.72 Å². The third-order valence-electron chi connectivity index (χ3n) is 3.71. The molecule has 9 heteroatoms. The fourth-order valence-electron chi connectivity index (χ4n) is 2.27. The van der Waals surface area contributed by atoms with Gasteiger partial charge < -0.3 is 14.9 Å².